The largest absolute Gasteiger partial charge is 0.374 e. The molecular weight excluding hydrogens is 198 g/mol. The van der Waals surface area contributed by atoms with Gasteiger partial charge in [0.25, 0.3) is 0 Å². The molecule has 0 unspecified atom stereocenters. The van der Waals surface area contributed by atoms with Gasteiger partial charge in [0.2, 0.25) is 0 Å². The van der Waals surface area contributed by atoms with E-state index in [0.29, 0.717) is 6.42 Å². The molecule has 0 bridgehead atoms. The number of rotatable bonds is 4. The van der Waals surface area contributed by atoms with E-state index in [4.69, 9.17) is 5.26 Å². The molecule has 3 nitrogen and oxygen atoms in total. The summed E-state index contributed by atoms with van der Waals surface area (Å²) in [5, 5.41) is 11.7. The number of hydrogen-bond acceptors (Lipinski definition) is 3. The molecule has 0 amide bonds. The van der Waals surface area contributed by atoms with Crippen LogP contribution in [0.25, 0.3) is 0 Å². The predicted octanol–water partition coefficient (Wildman–Crippen LogP) is 1.68. The van der Waals surface area contributed by atoms with Gasteiger partial charge in [-0.15, -0.1) is 0 Å². The summed E-state index contributed by atoms with van der Waals surface area (Å²) in [4.78, 5) is 2.29. The van der Waals surface area contributed by atoms with E-state index in [9.17, 15) is 0 Å². The molecule has 1 aliphatic heterocycles. The van der Waals surface area contributed by atoms with E-state index in [1.54, 1.807) is 0 Å². The standard InChI is InChI=1S/C13H17N3/c1-16-8-5-12-9-11(3-4-13(12)16)10-15-7-2-6-14/h3-4,9,15H,2,5,7-8,10H2,1H3. The quantitative estimate of drug-likeness (QED) is 0.777. The third-order valence-electron chi connectivity index (χ3n) is 3.01. The van der Waals surface area contributed by atoms with Gasteiger partial charge in [-0.25, -0.2) is 0 Å². The van der Waals surface area contributed by atoms with Crippen LogP contribution in [0.1, 0.15) is 17.5 Å². The minimum absolute atomic E-state index is 0.577. The molecule has 0 atom stereocenters. The van der Waals surface area contributed by atoms with Crippen molar-refractivity contribution < 1.29 is 0 Å². The zero-order valence-corrected chi connectivity index (χ0v) is 9.66. The van der Waals surface area contributed by atoms with Crippen molar-refractivity contribution in [2.24, 2.45) is 0 Å². The summed E-state index contributed by atoms with van der Waals surface area (Å²) >= 11 is 0. The molecule has 16 heavy (non-hydrogen) atoms. The number of fused-ring (bicyclic) bond motifs is 1. The normalized spacial score (nSPS) is 13.6. The van der Waals surface area contributed by atoms with Gasteiger partial charge in [0.15, 0.2) is 0 Å². The fourth-order valence-electron chi connectivity index (χ4n) is 2.11. The third kappa shape index (κ3) is 2.34. The van der Waals surface area contributed by atoms with Gasteiger partial charge in [-0.05, 0) is 23.6 Å². The van der Waals surface area contributed by atoms with Crippen LogP contribution in [0.2, 0.25) is 0 Å². The number of anilines is 1. The van der Waals surface area contributed by atoms with Crippen molar-refractivity contribution in [1.82, 2.24) is 5.32 Å². The molecule has 3 heteroatoms. The van der Waals surface area contributed by atoms with E-state index in [1.165, 1.54) is 16.8 Å². The van der Waals surface area contributed by atoms with Crippen molar-refractivity contribution in [3.8, 4) is 6.07 Å². The zero-order chi connectivity index (χ0) is 11.4. The molecule has 0 saturated carbocycles. The lowest BCUT2D eigenvalue weighted by atomic mass is 10.1. The molecule has 2 rings (SSSR count). The average Bonchev–Trinajstić information content (AvgIpc) is 2.66. The van der Waals surface area contributed by atoms with Crippen LogP contribution in [0.15, 0.2) is 18.2 Å². The maximum atomic E-state index is 8.42. The minimum atomic E-state index is 0.577. The van der Waals surface area contributed by atoms with E-state index in [2.05, 4.69) is 41.5 Å². The molecule has 0 spiro atoms. The van der Waals surface area contributed by atoms with Crippen LogP contribution < -0.4 is 10.2 Å². The summed E-state index contributed by atoms with van der Waals surface area (Å²) in [7, 11) is 2.14. The number of benzene rings is 1. The third-order valence-corrected chi connectivity index (χ3v) is 3.01. The lowest BCUT2D eigenvalue weighted by molar-refractivity contribution is 0.698. The number of nitrogens with zero attached hydrogens (tertiary/aromatic N) is 2. The van der Waals surface area contributed by atoms with Crippen molar-refractivity contribution >= 4 is 5.69 Å². The Morgan fingerprint density at radius 1 is 1.50 bits per heavy atom. The summed E-state index contributed by atoms with van der Waals surface area (Å²) in [6.45, 7) is 2.76. The lowest BCUT2D eigenvalue weighted by Gasteiger charge is -2.12. The average molecular weight is 215 g/mol. The maximum Gasteiger partial charge on any atom is 0.0635 e. The highest BCUT2D eigenvalue weighted by Gasteiger charge is 2.14. The number of nitriles is 1. The smallest absolute Gasteiger partial charge is 0.0635 e. The molecule has 1 aliphatic rings. The van der Waals surface area contributed by atoms with Gasteiger partial charge in [-0.1, -0.05) is 12.1 Å². The first-order valence-electron chi connectivity index (χ1n) is 5.72. The molecule has 1 heterocycles. The van der Waals surface area contributed by atoms with Gasteiger partial charge in [-0.2, -0.15) is 5.26 Å². The molecular formula is C13H17N3. The van der Waals surface area contributed by atoms with Crippen LogP contribution >= 0.6 is 0 Å². The monoisotopic (exact) mass is 215 g/mol. The maximum absolute atomic E-state index is 8.42. The Kier molecular flexibility index (Phi) is 3.43. The van der Waals surface area contributed by atoms with Crippen molar-refractivity contribution in [2.75, 3.05) is 25.0 Å². The van der Waals surface area contributed by atoms with E-state index in [1.807, 2.05) is 0 Å². The Labute approximate surface area is 96.7 Å². The summed E-state index contributed by atoms with van der Waals surface area (Å²) in [6.07, 6.45) is 1.73. The van der Waals surface area contributed by atoms with Crippen molar-refractivity contribution in [1.29, 1.82) is 5.26 Å². The molecule has 0 aliphatic carbocycles. The minimum Gasteiger partial charge on any atom is -0.374 e. The molecule has 1 aromatic carbocycles. The second kappa shape index (κ2) is 5.00. The molecule has 1 N–H and O–H groups in total. The van der Waals surface area contributed by atoms with E-state index < -0.39 is 0 Å². The lowest BCUT2D eigenvalue weighted by Crippen LogP contribution is -2.14. The number of hydrogen-bond donors (Lipinski definition) is 1. The Balaban J connectivity index is 1.95. The molecule has 84 valence electrons. The van der Waals surface area contributed by atoms with Crippen LogP contribution in [-0.2, 0) is 13.0 Å². The van der Waals surface area contributed by atoms with Gasteiger partial charge in [0.05, 0.1) is 6.07 Å². The second-order valence-electron chi connectivity index (χ2n) is 4.22. The highest BCUT2D eigenvalue weighted by Crippen LogP contribution is 2.27. The molecule has 0 aromatic heterocycles. The Hall–Kier alpha value is -1.53. The van der Waals surface area contributed by atoms with Crippen LogP contribution in [0, 0.1) is 11.3 Å². The van der Waals surface area contributed by atoms with Crippen molar-refractivity contribution in [2.45, 2.75) is 19.4 Å². The Morgan fingerprint density at radius 2 is 2.38 bits per heavy atom. The van der Waals surface area contributed by atoms with Crippen molar-refractivity contribution in [3.63, 3.8) is 0 Å². The fraction of sp³-hybridized carbons (Fsp3) is 0.462. The first kappa shape index (κ1) is 11.0. The number of nitrogens with one attached hydrogen (secondary N) is 1. The van der Waals surface area contributed by atoms with E-state index >= 15 is 0 Å². The van der Waals surface area contributed by atoms with Gasteiger partial charge >= 0.3 is 0 Å². The second-order valence-corrected chi connectivity index (χ2v) is 4.22. The summed E-state index contributed by atoms with van der Waals surface area (Å²) in [6, 6.07) is 8.77. The molecule has 0 radical (unpaired) electrons. The van der Waals surface area contributed by atoms with E-state index in [-0.39, 0.29) is 0 Å². The topological polar surface area (TPSA) is 39.1 Å². The highest BCUT2D eigenvalue weighted by atomic mass is 15.1. The molecule has 0 fully saturated rings. The van der Waals surface area contributed by atoms with Gasteiger partial charge in [0.1, 0.15) is 0 Å². The van der Waals surface area contributed by atoms with Gasteiger partial charge in [-0.3, -0.25) is 0 Å². The SMILES string of the molecule is CN1CCc2cc(CNCCC#N)ccc21. The predicted molar refractivity (Wildman–Crippen MR) is 65.4 cm³/mol. The zero-order valence-electron chi connectivity index (χ0n) is 9.66. The van der Waals surface area contributed by atoms with Crippen LogP contribution in [0.4, 0.5) is 5.69 Å². The fourth-order valence-corrected chi connectivity index (χ4v) is 2.11. The first-order chi connectivity index (χ1) is 7.81. The van der Waals surface area contributed by atoms with Gasteiger partial charge < -0.3 is 10.2 Å². The molecule has 1 aromatic rings. The number of likely N-dealkylation sites (N-methyl/N-ethyl adjacent to an activating group) is 1. The summed E-state index contributed by atoms with van der Waals surface area (Å²) in [5.74, 6) is 0. The van der Waals surface area contributed by atoms with Crippen molar-refractivity contribution in [3.05, 3.63) is 29.3 Å². The van der Waals surface area contributed by atoms with Crippen LogP contribution in [0.3, 0.4) is 0 Å². The van der Waals surface area contributed by atoms with E-state index in [0.717, 1.165) is 26.1 Å². The highest BCUT2D eigenvalue weighted by molar-refractivity contribution is 5.58. The summed E-state index contributed by atoms with van der Waals surface area (Å²) in [5.41, 5.74) is 4.12. The first-order valence-corrected chi connectivity index (χ1v) is 5.72. The Bertz CT molecular complexity index is 406. The van der Waals surface area contributed by atoms with Crippen LogP contribution in [-0.4, -0.2) is 20.1 Å². The molecule has 0 saturated heterocycles. The Morgan fingerprint density at radius 3 is 3.19 bits per heavy atom. The van der Waals surface area contributed by atoms with Gasteiger partial charge in [0, 0.05) is 38.8 Å². The van der Waals surface area contributed by atoms with Crippen LogP contribution in [0.5, 0.6) is 0 Å². The summed E-state index contributed by atoms with van der Waals surface area (Å²) < 4.78 is 0.